The van der Waals surface area contributed by atoms with Crippen molar-refractivity contribution < 1.29 is 24.1 Å². The number of nitrogens with one attached hydrogen (secondary N) is 2. The Balaban J connectivity index is 1.85. The van der Waals surface area contributed by atoms with Crippen LogP contribution in [-0.2, 0) is 25.5 Å². The van der Waals surface area contributed by atoms with Crippen LogP contribution in [0.3, 0.4) is 0 Å². The molecule has 0 fully saturated rings. The van der Waals surface area contributed by atoms with Crippen LogP contribution in [0.15, 0.2) is 28.5 Å². The van der Waals surface area contributed by atoms with Crippen molar-refractivity contribution in [2.45, 2.75) is 86.5 Å². The first-order valence-corrected chi connectivity index (χ1v) is 12.5. The van der Waals surface area contributed by atoms with Gasteiger partial charge in [0.1, 0.15) is 0 Å². The first-order chi connectivity index (χ1) is 16.3. The molecule has 0 saturated heterocycles. The normalized spacial score (nSPS) is 18.2. The molecule has 6 nitrogen and oxygen atoms in total. The van der Waals surface area contributed by atoms with Crippen LogP contribution in [0.1, 0.15) is 88.7 Å². The van der Waals surface area contributed by atoms with Crippen molar-refractivity contribution in [1.29, 1.82) is 0 Å². The summed E-state index contributed by atoms with van der Waals surface area (Å²) in [4.78, 5) is 30.9. The Morgan fingerprint density at radius 1 is 0.912 bits per heavy atom. The molecule has 2 aliphatic rings. The van der Waals surface area contributed by atoms with Crippen molar-refractivity contribution in [3.63, 3.8) is 0 Å². The van der Waals surface area contributed by atoms with Gasteiger partial charge in [-0.1, -0.05) is 0 Å². The number of rotatable bonds is 9. The molecule has 0 amide bonds. The van der Waals surface area contributed by atoms with Crippen LogP contribution in [0.4, 0.5) is 0 Å². The Labute approximate surface area is 203 Å². The lowest BCUT2D eigenvalue weighted by atomic mass is 9.89. The standard InChI is InChI=1S/C28H38N2O4/c1-7-33-25(31)14-12-23-17(3)19(5)27(29-23)21-10-9-11-22(16-21)28-20(6)18(4)24(30-28)13-15-26(32)34-8-2/h16,29H,7-15H2,1-6H3/p+1. The van der Waals surface area contributed by atoms with E-state index in [0.717, 1.165) is 30.7 Å². The van der Waals surface area contributed by atoms with Gasteiger partial charge in [0.05, 0.1) is 26.1 Å². The number of carbonyl (C=O) groups is 2. The molecule has 0 radical (unpaired) electrons. The van der Waals surface area contributed by atoms with Crippen LogP contribution in [0.5, 0.6) is 0 Å². The van der Waals surface area contributed by atoms with E-state index in [-0.39, 0.29) is 11.9 Å². The van der Waals surface area contributed by atoms with Gasteiger partial charge in [0.2, 0.25) is 5.70 Å². The Morgan fingerprint density at radius 2 is 1.56 bits per heavy atom. The maximum absolute atomic E-state index is 11.8. The molecule has 34 heavy (non-hydrogen) atoms. The molecule has 1 aromatic heterocycles. The van der Waals surface area contributed by atoms with Crippen molar-refractivity contribution in [2.75, 3.05) is 13.2 Å². The number of H-pyrrole nitrogens is 1. The summed E-state index contributed by atoms with van der Waals surface area (Å²) < 4.78 is 10.2. The smallest absolute Gasteiger partial charge is 0.306 e. The molecule has 0 spiro atoms. The third kappa shape index (κ3) is 5.78. The second kappa shape index (κ2) is 11.5. The fourth-order valence-electron chi connectivity index (χ4n) is 4.79. The fourth-order valence-corrected chi connectivity index (χ4v) is 4.79. The van der Waals surface area contributed by atoms with E-state index < -0.39 is 0 Å². The Bertz CT molecular complexity index is 1080. The van der Waals surface area contributed by atoms with Crippen molar-refractivity contribution in [3.05, 3.63) is 51.0 Å². The van der Waals surface area contributed by atoms with Crippen LogP contribution < -0.4 is 4.99 Å². The van der Waals surface area contributed by atoms with Crippen LogP contribution >= 0.6 is 0 Å². The van der Waals surface area contributed by atoms with Crippen LogP contribution in [-0.4, -0.2) is 35.8 Å². The van der Waals surface area contributed by atoms with Gasteiger partial charge in [-0.15, -0.1) is 0 Å². The maximum atomic E-state index is 11.8. The summed E-state index contributed by atoms with van der Waals surface area (Å²) in [5.74, 6) is -0.306. The summed E-state index contributed by atoms with van der Waals surface area (Å²) in [7, 11) is 0. The summed E-state index contributed by atoms with van der Waals surface area (Å²) in [6, 6.07) is 0. The van der Waals surface area contributed by atoms with E-state index >= 15 is 0 Å². The highest BCUT2D eigenvalue weighted by atomic mass is 16.5. The number of aryl methyl sites for hydroxylation is 1. The summed E-state index contributed by atoms with van der Waals surface area (Å²) in [6.07, 6.45) is 7.56. The van der Waals surface area contributed by atoms with E-state index in [2.05, 4.69) is 43.7 Å². The number of carbonyl (C=O) groups excluding carboxylic acids is 2. The van der Waals surface area contributed by atoms with E-state index in [1.54, 1.807) is 0 Å². The average molecular weight is 468 g/mol. The van der Waals surface area contributed by atoms with Gasteiger partial charge in [0.25, 0.3) is 0 Å². The Kier molecular flexibility index (Phi) is 8.70. The van der Waals surface area contributed by atoms with Crippen LogP contribution in [0.25, 0.3) is 5.57 Å². The lowest BCUT2D eigenvalue weighted by molar-refractivity contribution is -0.390. The predicted octanol–water partition coefficient (Wildman–Crippen LogP) is 4.16. The second-order valence-corrected chi connectivity index (χ2v) is 9.12. The molecule has 1 aliphatic carbocycles. The number of esters is 2. The van der Waals surface area contributed by atoms with Crippen LogP contribution in [0.2, 0.25) is 0 Å². The first kappa shape index (κ1) is 25.7. The highest BCUT2D eigenvalue weighted by molar-refractivity contribution is 5.99. The molecular weight excluding hydrogens is 428 g/mol. The number of aromatic amines is 1. The predicted molar refractivity (Wildman–Crippen MR) is 134 cm³/mol. The lowest BCUT2D eigenvalue weighted by Crippen LogP contribution is -2.69. The van der Waals surface area contributed by atoms with E-state index in [0.29, 0.717) is 38.9 Å². The molecule has 0 atom stereocenters. The number of allylic oxidation sites excluding steroid dienone is 5. The fraction of sp³-hybridized carbons (Fsp3) is 0.536. The van der Waals surface area contributed by atoms with Gasteiger partial charge >= 0.3 is 11.9 Å². The molecule has 0 bridgehead atoms. The minimum absolute atomic E-state index is 0.153. The Hall–Kier alpha value is -2.89. The summed E-state index contributed by atoms with van der Waals surface area (Å²) >= 11 is 0. The quantitative estimate of drug-likeness (QED) is 0.534. The largest absolute Gasteiger partial charge is 0.466 e. The van der Waals surface area contributed by atoms with E-state index in [1.165, 1.54) is 44.8 Å². The van der Waals surface area contributed by atoms with Gasteiger partial charge < -0.3 is 14.5 Å². The second-order valence-electron chi connectivity index (χ2n) is 9.12. The maximum Gasteiger partial charge on any atom is 0.306 e. The number of aromatic nitrogens is 1. The summed E-state index contributed by atoms with van der Waals surface area (Å²) in [5, 5.41) is 0. The molecule has 1 aliphatic heterocycles. The number of hydrogen-bond donors (Lipinski definition) is 2. The molecule has 0 unspecified atom stereocenters. The van der Waals surface area contributed by atoms with Gasteiger partial charge in [0, 0.05) is 34.5 Å². The number of hydrogen-bond acceptors (Lipinski definition) is 4. The highest BCUT2D eigenvalue weighted by Gasteiger charge is 2.29. The van der Waals surface area contributed by atoms with Gasteiger partial charge in [0.15, 0.2) is 5.71 Å². The molecule has 0 aromatic carbocycles. The highest BCUT2D eigenvalue weighted by Crippen LogP contribution is 2.35. The van der Waals surface area contributed by atoms with E-state index in [1.807, 2.05) is 13.8 Å². The van der Waals surface area contributed by atoms with Crippen molar-refractivity contribution in [2.24, 2.45) is 0 Å². The average Bonchev–Trinajstić information content (AvgIpc) is 3.27. The van der Waals surface area contributed by atoms with Gasteiger partial charge in [-0.3, -0.25) is 9.59 Å². The van der Waals surface area contributed by atoms with Gasteiger partial charge in [-0.05, 0) is 90.0 Å². The zero-order valence-electron chi connectivity index (χ0n) is 21.6. The molecule has 0 saturated carbocycles. The number of ether oxygens (including phenoxy) is 2. The van der Waals surface area contributed by atoms with Gasteiger partial charge in [-0.25, -0.2) is 4.99 Å². The van der Waals surface area contributed by atoms with E-state index in [9.17, 15) is 9.59 Å². The molecule has 3 rings (SSSR count). The SMILES string of the molecule is CCOC(=O)CCC1=[NH+]C(=C2C=C(c3[nH]c(CCC(=O)OCC)c(C)c3C)CCC2)C(C)=C1C. The third-order valence-corrected chi connectivity index (χ3v) is 6.98. The zero-order valence-corrected chi connectivity index (χ0v) is 21.6. The monoisotopic (exact) mass is 467 g/mol. The van der Waals surface area contributed by atoms with E-state index in [4.69, 9.17) is 9.47 Å². The topological polar surface area (TPSA) is 82.4 Å². The summed E-state index contributed by atoms with van der Waals surface area (Å²) in [6.45, 7) is 13.1. The molecular formula is C28H39N2O4+. The van der Waals surface area contributed by atoms with Gasteiger partial charge in [-0.2, -0.15) is 0 Å². The lowest BCUT2D eigenvalue weighted by Gasteiger charge is -2.15. The molecule has 2 heterocycles. The molecule has 6 heteroatoms. The van der Waals surface area contributed by atoms with Crippen molar-refractivity contribution in [1.82, 2.24) is 4.98 Å². The third-order valence-electron chi connectivity index (χ3n) is 6.98. The Morgan fingerprint density at radius 3 is 2.21 bits per heavy atom. The molecule has 2 N–H and O–H groups in total. The minimum Gasteiger partial charge on any atom is -0.466 e. The minimum atomic E-state index is -0.153. The molecule has 1 aromatic rings. The molecule has 184 valence electrons. The first-order valence-electron chi connectivity index (χ1n) is 12.5. The van der Waals surface area contributed by atoms with Crippen molar-refractivity contribution in [3.8, 4) is 0 Å². The zero-order chi connectivity index (χ0) is 24.8. The summed E-state index contributed by atoms with van der Waals surface area (Å²) in [5.41, 5.74) is 12.1. The van der Waals surface area contributed by atoms with Crippen molar-refractivity contribution >= 4 is 23.2 Å². The van der Waals surface area contributed by atoms with Crippen LogP contribution in [0, 0.1) is 13.8 Å².